The van der Waals surface area contributed by atoms with Crippen LogP contribution in [0, 0.1) is 5.82 Å². The molecule has 8 heteroatoms. The molecule has 1 aliphatic carbocycles. The number of carbonyl (C=O) groups is 1. The number of halogens is 1. The van der Waals surface area contributed by atoms with Gasteiger partial charge in [-0.05, 0) is 42.0 Å². The molecule has 1 amide bonds. The second-order valence-electron chi connectivity index (χ2n) is 7.23. The van der Waals surface area contributed by atoms with Crippen molar-refractivity contribution in [3.8, 4) is 0 Å². The summed E-state index contributed by atoms with van der Waals surface area (Å²) in [5, 5.41) is 13.2. The van der Waals surface area contributed by atoms with Gasteiger partial charge in [-0.1, -0.05) is 6.07 Å². The maximum atomic E-state index is 14.6. The average Bonchev–Trinajstić information content (AvgIpc) is 3.50. The van der Waals surface area contributed by atoms with Crippen LogP contribution in [0.3, 0.4) is 0 Å². The molecule has 2 aliphatic rings. The van der Waals surface area contributed by atoms with Gasteiger partial charge in [0, 0.05) is 25.7 Å². The lowest BCUT2D eigenvalue weighted by Crippen LogP contribution is -2.50. The number of pyridine rings is 1. The van der Waals surface area contributed by atoms with Gasteiger partial charge in [-0.15, -0.1) is 0 Å². The third kappa shape index (κ3) is 3.53. The van der Waals surface area contributed by atoms with Crippen molar-refractivity contribution in [1.29, 1.82) is 0 Å². The first kappa shape index (κ1) is 18.6. The van der Waals surface area contributed by atoms with E-state index in [-0.39, 0.29) is 30.9 Å². The van der Waals surface area contributed by atoms with Crippen LogP contribution in [0.15, 0.2) is 35.3 Å². The molecule has 1 unspecified atom stereocenters. The molecule has 0 saturated heterocycles. The summed E-state index contributed by atoms with van der Waals surface area (Å²) in [7, 11) is 1.57. The van der Waals surface area contributed by atoms with Gasteiger partial charge in [-0.25, -0.2) is 4.39 Å². The smallest absolute Gasteiger partial charge is 0.281 e. The Hall–Kier alpha value is -2.71. The van der Waals surface area contributed by atoms with E-state index in [9.17, 15) is 14.0 Å². The molecule has 2 heterocycles. The molecule has 2 aromatic rings. The second-order valence-corrected chi connectivity index (χ2v) is 7.23. The molecule has 7 nitrogen and oxygen atoms in total. The van der Waals surface area contributed by atoms with E-state index in [1.807, 2.05) is 6.07 Å². The molecule has 1 atom stereocenters. The van der Waals surface area contributed by atoms with Crippen molar-refractivity contribution >= 4 is 11.6 Å². The average molecular weight is 387 g/mol. The zero-order valence-electron chi connectivity index (χ0n) is 15.5. The number of nitrogens with one attached hydrogen (secondary N) is 1. The molecule has 148 valence electrons. The summed E-state index contributed by atoms with van der Waals surface area (Å²) in [5.74, 6) is -0.404. The van der Waals surface area contributed by atoms with Gasteiger partial charge in [0.05, 0.1) is 24.5 Å². The summed E-state index contributed by atoms with van der Waals surface area (Å²) in [4.78, 5) is 30.3. The number of aryl methyl sites for hydroxylation is 1. The highest BCUT2D eigenvalue weighted by atomic mass is 19.1. The third-order valence-corrected chi connectivity index (χ3v) is 5.13. The molecule has 1 aromatic carbocycles. The monoisotopic (exact) mass is 387 g/mol. The SMILES string of the molecule is Cn1cc2c(cc1=O)CC(Nc1ccc(C3CC3)cc1F)N(OCCO)C2=O. The summed E-state index contributed by atoms with van der Waals surface area (Å²) < 4.78 is 15.9. The molecule has 1 aromatic heterocycles. The molecule has 1 saturated carbocycles. The topological polar surface area (TPSA) is 83.8 Å². The summed E-state index contributed by atoms with van der Waals surface area (Å²) in [5.41, 5.74) is 1.93. The van der Waals surface area contributed by atoms with Gasteiger partial charge in [-0.3, -0.25) is 14.4 Å². The highest BCUT2D eigenvalue weighted by Gasteiger charge is 2.35. The lowest BCUT2D eigenvalue weighted by Gasteiger charge is -2.36. The van der Waals surface area contributed by atoms with Gasteiger partial charge in [0.25, 0.3) is 11.5 Å². The molecular formula is C20H22FN3O4. The van der Waals surface area contributed by atoms with Crippen LogP contribution in [0.5, 0.6) is 0 Å². The number of anilines is 1. The molecule has 1 aliphatic heterocycles. The fourth-order valence-electron chi connectivity index (χ4n) is 3.48. The highest BCUT2D eigenvalue weighted by Crippen LogP contribution is 2.41. The van der Waals surface area contributed by atoms with Gasteiger partial charge in [0.15, 0.2) is 0 Å². The minimum absolute atomic E-state index is 0.0753. The Morgan fingerprint density at radius 2 is 2.07 bits per heavy atom. The van der Waals surface area contributed by atoms with Crippen molar-refractivity contribution in [1.82, 2.24) is 9.63 Å². The van der Waals surface area contributed by atoms with E-state index in [0.717, 1.165) is 23.5 Å². The Kier molecular flexibility index (Phi) is 4.91. The summed E-state index contributed by atoms with van der Waals surface area (Å²) in [6, 6.07) is 6.48. The van der Waals surface area contributed by atoms with Crippen molar-refractivity contribution < 1.29 is 19.1 Å². The first-order valence-electron chi connectivity index (χ1n) is 9.31. The van der Waals surface area contributed by atoms with Gasteiger partial charge in [-0.2, -0.15) is 5.06 Å². The largest absolute Gasteiger partial charge is 0.394 e. The summed E-state index contributed by atoms with van der Waals surface area (Å²) in [6.45, 7) is -0.338. The van der Waals surface area contributed by atoms with Crippen LogP contribution in [0.1, 0.15) is 40.2 Å². The quantitative estimate of drug-likeness (QED) is 0.789. The zero-order valence-corrected chi connectivity index (χ0v) is 15.5. The van der Waals surface area contributed by atoms with Crippen LogP contribution in [-0.4, -0.2) is 40.0 Å². The van der Waals surface area contributed by atoms with Crippen LogP contribution in [0.25, 0.3) is 0 Å². The molecule has 0 spiro atoms. The van der Waals surface area contributed by atoms with Gasteiger partial charge < -0.3 is 15.0 Å². The molecule has 0 radical (unpaired) electrons. The van der Waals surface area contributed by atoms with Crippen LogP contribution in [-0.2, 0) is 18.3 Å². The molecule has 2 N–H and O–H groups in total. The van der Waals surface area contributed by atoms with Gasteiger partial charge in [0.1, 0.15) is 12.0 Å². The number of amides is 1. The number of rotatable bonds is 6. The van der Waals surface area contributed by atoms with E-state index in [0.29, 0.717) is 17.0 Å². The van der Waals surface area contributed by atoms with Crippen molar-refractivity contribution in [2.45, 2.75) is 31.3 Å². The standard InChI is InChI=1S/C20H22FN3O4/c1-23-11-15-14(10-19(23)26)9-18(24(20(15)27)28-7-6-25)22-17-5-4-13(8-16(17)21)12-2-3-12/h4-5,8,10-12,18,22,25H,2-3,6-7,9H2,1H3. The number of carbonyl (C=O) groups excluding carboxylic acids is 1. The lowest BCUT2D eigenvalue weighted by molar-refractivity contribution is -0.152. The van der Waals surface area contributed by atoms with Crippen LogP contribution < -0.4 is 10.9 Å². The van der Waals surface area contributed by atoms with Gasteiger partial charge in [0.2, 0.25) is 0 Å². The number of hydrogen-bond donors (Lipinski definition) is 2. The fourth-order valence-corrected chi connectivity index (χ4v) is 3.48. The summed E-state index contributed by atoms with van der Waals surface area (Å²) >= 11 is 0. The normalized spacial score (nSPS) is 18.9. The lowest BCUT2D eigenvalue weighted by atomic mass is 9.99. The number of aromatic nitrogens is 1. The summed E-state index contributed by atoms with van der Waals surface area (Å²) in [6.07, 6.45) is 3.19. The number of nitrogens with zero attached hydrogens (tertiary/aromatic N) is 2. The molecule has 28 heavy (non-hydrogen) atoms. The molecule has 0 bridgehead atoms. The predicted molar refractivity (Wildman–Crippen MR) is 100 cm³/mol. The Bertz CT molecular complexity index is 970. The van der Waals surface area contributed by atoms with E-state index < -0.39 is 17.9 Å². The maximum absolute atomic E-state index is 14.6. The predicted octanol–water partition coefficient (Wildman–Crippen LogP) is 1.76. The van der Waals surface area contributed by atoms with Crippen LogP contribution in [0.2, 0.25) is 0 Å². The van der Waals surface area contributed by atoms with Crippen LogP contribution in [0.4, 0.5) is 10.1 Å². The zero-order chi connectivity index (χ0) is 19.8. The fraction of sp³-hybridized carbons (Fsp3) is 0.400. The first-order chi connectivity index (χ1) is 13.5. The van der Waals surface area contributed by atoms with Crippen molar-refractivity contribution in [2.24, 2.45) is 7.05 Å². The Morgan fingerprint density at radius 1 is 1.29 bits per heavy atom. The number of benzene rings is 1. The van der Waals surface area contributed by atoms with E-state index >= 15 is 0 Å². The minimum Gasteiger partial charge on any atom is -0.394 e. The Labute approximate surface area is 161 Å². The first-order valence-corrected chi connectivity index (χ1v) is 9.31. The number of aliphatic hydroxyl groups excluding tert-OH is 1. The van der Waals surface area contributed by atoms with Gasteiger partial charge >= 0.3 is 0 Å². The van der Waals surface area contributed by atoms with E-state index in [4.69, 9.17) is 9.94 Å². The van der Waals surface area contributed by atoms with Crippen molar-refractivity contribution in [3.63, 3.8) is 0 Å². The molecule has 4 rings (SSSR count). The van der Waals surface area contributed by atoms with E-state index in [1.165, 1.54) is 22.9 Å². The Balaban J connectivity index is 1.64. The molecular weight excluding hydrogens is 365 g/mol. The minimum atomic E-state index is -0.708. The van der Waals surface area contributed by atoms with Crippen LogP contribution >= 0.6 is 0 Å². The number of hydroxylamine groups is 2. The van der Waals surface area contributed by atoms with Crippen molar-refractivity contribution in [3.05, 3.63) is 63.3 Å². The number of aliphatic hydroxyl groups is 1. The van der Waals surface area contributed by atoms with E-state index in [2.05, 4.69) is 5.32 Å². The maximum Gasteiger partial charge on any atom is 0.281 e. The number of hydrogen-bond acceptors (Lipinski definition) is 5. The second kappa shape index (κ2) is 7.37. The third-order valence-electron chi connectivity index (χ3n) is 5.13. The van der Waals surface area contributed by atoms with E-state index in [1.54, 1.807) is 13.1 Å². The highest BCUT2D eigenvalue weighted by molar-refractivity contribution is 5.96. The molecule has 1 fully saturated rings. The number of fused-ring (bicyclic) bond motifs is 1. The van der Waals surface area contributed by atoms with Crippen molar-refractivity contribution in [2.75, 3.05) is 18.5 Å². The Morgan fingerprint density at radius 3 is 2.75 bits per heavy atom.